The van der Waals surface area contributed by atoms with Crippen molar-refractivity contribution in [1.29, 1.82) is 0 Å². The highest BCUT2D eigenvalue weighted by Gasteiger charge is 2.19. The van der Waals surface area contributed by atoms with Gasteiger partial charge in [-0.1, -0.05) is 42.8 Å². The summed E-state index contributed by atoms with van der Waals surface area (Å²) in [5.41, 5.74) is 3.27. The molecule has 3 rings (SSSR count). The number of fused-ring (bicyclic) bond motifs is 1. The van der Waals surface area contributed by atoms with Gasteiger partial charge in [-0.2, -0.15) is 0 Å². The molecular formula is C18H18ClNO. The number of halogens is 1. The first kappa shape index (κ1) is 14.2. The third-order valence-electron chi connectivity index (χ3n) is 3.68. The fraction of sp³-hybridized carbons (Fsp3) is 0.222. The standard InChI is InChI=1S/C18H18ClNO/c1-3-20-18(15-9-8-14(19)10-12(15)2)17-11-13-6-4-5-7-16(13)21-17/h4-11,18,20H,3H2,1-2H3. The Morgan fingerprint density at radius 1 is 1.14 bits per heavy atom. The lowest BCUT2D eigenvalue weighted by atomic mass is 9.99. The van der Waals surface area contributed by atoms with Gasteiger partial charge in [0.2, 0.25) is 0 Å². The van der Waals surface area contributed by atoms with Crippen LogP contribution >= 0.6 is 11.6 Å². The molecule has 21 heavy (non-hydrogen) atoms. The fourth-order valence-corrected chi connectivity index (χ4v) is 2.90. The zero-order chi connectivity index (χ0) is 14.8. The minimum atomic E-state index is 0.0414. The molecule has 0 bridgehead atoms. The quantitative estimate of drug-likeness (QED) is 0.725. The molecule has 2 aromatic carbocycles. The van der Waals surface area contributed by atoms with Crippen LogP contribution in [0.3, 0.4) is 0 Å². The van der Waals surface area contributed by atoms with Crippen molar-refractivity contribution in [1.82, 2.24) is 5.32 Å². The molecule has 1 unspecified atom stereocenters. The number of rotatable bonds is 4. The Morgan fingerprint density at radius 3 is 2.67 bits per heavy atom. The second kappa shape index (κ2) is 5.92. The van der Waals surface area contributed by atoms with Gasteiger partial charge in [0.05, 0.1) is 6.04 Å². The van der Waals surface area contributed by atoms with E-state index in [4.69, 9.17) is 16.0 Å². The van der Waals surface area contributed by atoms with Gasteiger partial charge in [0.15, 0.2) is 0 Å². The van der Waals surface area contributed by atoms with Crippen LogP contribution in [0.4, 0.5) is 0 Å². The summed E-state index contributed by atoms with van der Waals surface area (Å²) in [5.74, 6) is 0.934. The Hall–Kier alpha value is -1.77. The lowest BCUT2D eigenvalue weighted by molar-refractivity contribution is 0.476. The van der Waals surface area contributed by atoms with E-state index in [2.05, 4.69) is 37.4 Å². The SMILES string of the molecule is CCNC(c1cc2ccccc2o1)c1ccc(Cl)cc1C. The second-order valence-corrected chi connectivity index (χ2v) is 5.61. The molecule has 1 heterocycles. The molecule has 108 valence electrons. The molecule has 0 fully saturated rings. The third kappa shape index (κ3) is 2.82. The molecule has 3 heteroatoms. The Kier molecular flexibility index (Phi) is 4.00. The van der Waals surface area contributed by atoms with Gasteiger partial charge in [-0.05, 0) is 48.9 Å². The molecule has 0 aliphatic carbocycles. The maximum absolute atomic E-state index is 6.07. The molecule has 0 aliphatic rings. The van der Waals surface area contributed by atoms with Crippen molar-refractivity contribution < 1.29 is 4.42 Å². The molecule has 1 atom stereocenters. The van der Waals surface area contributed by atoms with Gasteiger partial charge in [-0.25, -0.2) is 0 Å². The summed E-state index contributed by atoms with van der Waals surface area (Å²) in [6, 6.07) is 16.2. The Morgan fingerprint density at radius 2 is 1.95 bits per heavy atom. The fourth-order valence-electron chi connectivity index (χ4n) is 2.68. The van der Waals surface area contributed by atoms with Gasteiger partial charge in [0.1, 0.15) is 11.3 Å². The summed E-state index contributed by atoms with van der Waals surface area (Å²) >= 11 is 6.07. The van der Waals surface area contributed by atoms with Crippen LogP contribution in [0.25, 0.3) is 11.0 Å². The zero-order valence-corrected chi connectivity index (χ0v) is 12.9. The lowest BCUT2D eigenvalue weighted by Crippen LogP contribution is -2.22. The van der Waals surface area contributed by atoms with Crippen LogP contribution in [0, 0.1) is 6.92 Å². The lowest BCUT2D eigenvalue weighted by Gasteiger charge is -2.18. The normalized spacial score (nSPS) is 12.7. The van der Waals surface area contributed by atoms with Crippen LogP contribution in [-0.4, -0.2) is 6.54 Å². The highest BCUT2D eigenvalue weighted by atomic mass is 35.5. The summed E-state index contributed by atoms with van der Waals surface area (Å²) in [6.07, 6.45) is 0. The highest BCUT2D eigenvalue weighted by Crippen LogP contribution is 2.30. The molecule has 2 nitrogen and oxygen atoms in total. The van der Waals surface area contributed by atoms with Crippen molar-refractivity contribution in [3.05, 3.63) is 70.4 Å². The number of aryl methyl sites for hydroxylation is 1. The van der Waals surface area contributed by atoms with Crippen LogP contribution in [0.15, 0.2) is 52.9 Å². The molecule has 1 aromatic heterocycles. The van der Waals surface area contributed by atoms with E-state index in [1.165, 1.54) is 5.56 Å². The van der Waals surface area contributed by atoms with E-state index in [-0.39, 0.29) is 6.04 Å². The molecule has 0 saturated heterocycles. The molecule has 0 saturated carbocycles. The zero-order valence-electron chi connectivity index (χ0n) is 12.2. The number of para-hydroxylation sites is 1. The van der Waals surface area contributed by atoms with Crippen LogP contribution in [-0.2, 0) is 0 Å². The minimum absolute atomic E-state index is 0.0414. The maximum atomic E-state index is 6.07. The first-order valence-electron chi connectivity index (χ1n) is 7.17. The highest BCUT2D eigenvalue weighted by molar-refractivity contribution is 6.30. The average molecular weight is 300 g/mol. The molecule has 0 spiro atoms. The van der Waals surface area contributed by atoms with Crippen molar-refractivity contribution in [3.63, 3.8) is 0 Å². The van der Waals surface area contributed by atoms with Crippen LogP contribution in [0.5, 0.6) is 0 Å². The van der Waals surface area contributed by atoms with Gasteiger partial charge in [0.25, 0.3) is 0 Å². The Balaban J connectivity index is 2.08. The summed E-state index contributed by atoms with van der Waals surface area (Å²) in [4.78, 5) is 0. The number of nitrogens with one attached hydrogen (secondary N) is 1. The summed E-state index contributed by atoms with van der Waals surface area (Å²) in [5, 5.41) is 5.39. The molecule has 3 aromatic rings. The van der Waals surface area contributed by atoms with Crippen molar-refractivity contribution >= 4 is 22.6 Å². The predicted octanol–water partition coefficient (Wildman–Crippen LogP) is 5.09. The number of hydrogen-bond acceptors (Lipinski definition) is 2. The van der Waals surface area contributed by atoms with Crippen LogP contribution in [0.1, 0.15) is 29.9 Å². The Labute approximate surface area is 129 Å². The van der Waals surface area contributed by atoms with Gasteiger partial charge in [-0.3, -0.25) is 0 Å². The first-order valence-corrected chi connectivity index (χ1v) is 7.54. The number of furan rings is 1. The van der Waals surface area contributed by atoms with Gasteiger partial charge < -0.3 is 9.73 Å². The molecule has 0 aliphatic heterocycles. The van der Waals surface area contributed by atoms with Crippen molar-refractivity contribution in [2.75, 3.05) is 6.54 Å². The van der Waals surface area contributed by atoms with Crippen molar-refractivity contribution in [2.45, 2.75) is 19.9 Å². The largest absolute Gasteiger partial charge is 0.459 e. The van der Waals surface area contributed by atoms with E-state index in [1.54, 1.807) is 0 Å². The molecular weight excluding hydrogens is 282 g/mol. The predicted molar refractivity (Wildman–Crippen MR) is 87.9 cm³/mol. The number of hydrogen-bond donors (Lipinski definition) is 1. The maximum Gasteiger partial charge on any atom is 0.134 e. The van der Waals surface area contributed by atoms with Gasteiger partial charge in [-0.15, -0.1) is 0 Å². The smallest absolute Gasteiger partial charge is 0.134 e. The van der Waals surface area contributed by atoms with Crippen LogP contribution in [0.2, 0.25) is 5.02 Å². The summed E-state index contributed by atoms with van der Waals surface area (Å²) in [7, 11) is 0. The van der Waals surface area contributed by atoms with E-state index in [1.807, 2.05) is 30.3 Å². The Bertz CT molecular complexity index is 730. The monoisotopic (exact) mass is 299 g/mol. The molecule has 1 N–H and O–H groups in total. The van der Waals surface area contributed by atoms with Gasteiger partial charge in [0, 0.05) is 10.4 Å². The average Bonchev–Trinajstić information content (AvgIpc) is 2.89. The minimum Gasteiger partial charge on any atom is -0.459 e. The summed E-state index contributed by atoms with van der Waals surface area (Å²) < 4.78 is 6.03. The molecule has 0 amide bonds. The number of benzene rings is 2. The first-order chi connectivity index (χ1) is 10.2. The van der Waals surface area contributed by atoms with E-state index in [9.17, 15) is 0 Å². The van der Waals surface area contributed by atoms with E-state index in [0.717, 1.165) is 33.9 Å². The second-order valence-electron chi connectivity index (χ2n) is 5.18. The van der Waals surface area contributed by atoms with Crippen molar-refractivity contribution in [2.24, 2.45) is 0 Å². The topological polar surface area (TPSA) is 25.2 Å². The van der Waals surface area contributed by atoms with Gasteiger partial charge >= 0.3 is 0 Å². The van der Waals surface area contributed by atoms with E-state index < -0.39 is 0 Å². The van der Waals surface area contributed by atoms with E-state index in [0.29, 0.717) is 0 Å². The van der Waals surface area contributed by atoms with E-state index >= 15 is 0 Å². The van der Waals surface area contributed by atoms with Crippen molar-refractivity contribution in [3.8, 4) is 0 Å². The third-order valence-corrected chi connectivity index (χ3v) is 3.92. The van der Waals surface area contributed by atoms with Crippen LogP contribution < -0.4 is 5.32 Å². The molecule has 0 radical (unpaired) electrons. The summed E-state index contributed by atoms with van der Waals surface area (Å²) in [6.45, 7) is 5.04.